The van der Waals surface area contributed by atoms with Crippen molar-refractivity contribution < 1.29 is 13.2 Å². The highest BCUT2D eigenvalue weighted by molar-refractivity contribution is 9.10. The summed E-state index contributed by atoms with van der Waals surface area (Å²) < 4.78 is 38.9. The van der Waals surface area contributed by atoms with Crippen LogP contribution in [0.15, 0.2) is 46.9 Å². The smallest absolute Gasteiger partial charge is 0.378 e. The number of hydrogen-bond donors (Lipinski definition) is 1. The Kier molecular flexibility index (Phi) is 4.84. The monoisotopic (exact) mass is 377 g/mol. The van der Waals surface area contributed by atoms with Gasteiger partial charge in [-0.1, -0.05) is 23.7 Å². The molecular weight excluding hydrogens is 367 g/mol. The van der Waals surface area contributed by atoms with Gasteiger partial charge in [-0.2, -0.15) is 13.2 Å². The summed E-state index contributed by atoms with van der Waals surface area (Å²) in [4.78, 5) is 0. The van der Waals surface area contributed by atoms with Crippen LogP contribution < -0.4 is 5.32 Å². The Hall–Kier alpha value is -1.20. The van der Waals surface area contributed by atoms with Crippen LogP contribution in [0.1, 0.15) is 24.1 Å². The number of nitrogens with one attached hydrogen (secondary N) is 1. The van der Waals surface area contributed by atoms with E-state index in [9.17, 15) is 13.2 Å². The second-order valence-corrected chi connectivity index (χ2v) is 5.90. The molecular formula is C15H12BrClF3N. The first-order chi connectivity index (χ1) is 9.77. The van der Waals surface area contributed by atoms with E-state index in [2.05, 4.69) is 21.2 Å². The van der Waals surface area contributed by atoms with Crippen molar-refractivity contribution in [3.05, 3.63) is 63.1 Å². The Morgan fingerprint density at radius 1 is 1.14 bits per heavy atom. The Labute approximate surface area is 134 Å². The molecule has 0 spiro atoms. The SMILES string of the molecule is CC(Nc1ccc(Cl)cc1Br)c1cccc(C(F)(F)F)c1. The third-order valence-corrected chi connectivity index (χ3v) is 3.91. The Balaban J connectivity index is 2.22. The van der Waals surface area contributed by atoms with Gasteiger partial charge in [-0.05, 0) is 58.7 Å². The van der Waals surface area contributed by atoms with Gasteiger partial charge in [0.1, 0.15) is 0 Å². The largest absolute Gasteiger partial charge is 0.416 e. The number of alkyl halides is 3. The summed E-state index contributed by atoms with van der Waals surface area (Å²) in [5, 5.41) is 3.74. The van der Waals surface area contributed by atoms with E-state index in [1.54, 1.807) is 31.2 Å². The first-order valence-electron chi connectivity index (χ1n) is 6.16. The minimum atomic E-state index is -4.34. The molecule has 0 bridgehead atoms. The lowest BCUT2D eigenvalue weighted by molar-refractivity contribution is -0.137. The summed E-state index contributed by atoms with van der Waals surface area (Å²) in [6.45, 7) is 1.80. The minimum Gasteiger partial charge on any atom is -0.378 e. The molecule has 1 unspecified atom stereocenters. The van der Waals surface area contributed by atoms with E-state index in [1.165, 1.54) is 6.07 Å². The molecule has 0 aliphatic carbocycles. The van der Waals surface area contributed by atoms with Crippen molar-refractivity contribution in [2.75, 3.05) is 5.32 Å². The van der Waals surface area contributed by atoms with Crippen molar-refractivity contribution >= 4 is 33.2 Å². The fourth-order valence-electron chi connectivity index (χ4n) is 1.91. The lowest BCUT2D eigenvalue weighted by Crippen LogP contribution is -2.10. The molecule has 21 heavy (non-hydrogen) atoms. The number of benzene rings is 2. The van der Waals surface area contributed by atoms with Gasteiger partial charge in [0.15, 0.2) is 0 Å². The molecule has 0 saturated carbocycles. The standard InChI is InChI=1S/C15H12BrClF3N/c1-9(21-14-6-5-12(17)8-13(14)16)10-3-2-4-11(7-10)15(18,19)20/h2-9,21H,1H3. The first-order valence-corrected chi connectivity index (χ1v) is 7.33. The minimum absolute atomic E-state index is 0.273. The molecule has 0 saturated heterocycles. The molecule has 1 N–H and O–H groups in total. The summed E-state index contributed by atoms with van der Waals surface area (Å²) >= 11 is 9.23. The van der Waals surface area contributed by atoms with Crippen LogP contribution in [-0.4, -0.2) is 0 Å². The summed E-state index contributed by atoms with van der Waals surface area (Å²) in [5.41, 5.74) is 0.680. The predicted molar refractivity (Wildman–Crippen MR) is 82.6 cm³/mol. The molecule has 2 rings (SSSR count). The van der Waals surface area contributed by atoms with E-state index in [0.717, 1.165) is 22.3 Å². The highest BCUT2D eigenvalue weighted by Crippen LogP contribution is 2.33. The Bertz CT molecular complexity index is 643. The predicted octanol–water partition coefficient (Wildman–Crippen LogP) is 6.29. The maximum atomic E-state index is 12.7. The van der Waals surface area contributed by atoms with Gasteiger partial charge in [-0.3, -0.25) is 0 Å². The van der Waals surface area contributed by atoms with Crippen LogP contribution in [0.2, 0.25) is 5.02 Å². The highest BCUT2D eigenvalue weighted by atomic mass is 79.9. The molecule has 0 aromatic heterocycles. The fourth-order valence-corrected chi connectivity index (χ4v) is 2.70. The van der Waals surface area contributed by atoms with Crippen molar-refractivity contribution in [3.63, 3.8) is 0 Å². The molecule has 6 heteroatoms. The second-order valence-electron chi connectivity index (χ2n) is 4.61. The summed E-state index contributed by atoms with van der Waals surface area (Å²) in [6, 6.07) is 10.2. The van der Waals surface area contributed by atoms with E-state index in [-0.39, 0.29) is 6.04 Å². The average Bonchev–Trinajstić information content (AvgIpc) is 2.41. The number of hydrogen-bond acceptors (Lipinski definition) is 1. The molecule has 0 fully saturated rings. The quantitative estimate of drug-likeness (QED) is 0.661. The normalized spacial score (nSPS) is 13.0. The zero-order valence-electron chi connectivity index (χ0n) is 11.0. The van der Waals surface area contributed by atoms with Crippen LogP contribution in [0, 0.1) is 0 Å². The average molecular weight is 379 g/mol. The fraction of sp³-hybridized carbons (Fsp3) is 0.200. The second kappa shape index (κ2) is 6.28. The molecule has 1 nitrogen and oxygen atoms in total. The van der Waals surface area contributed by atoms with Gasteiger partial charge < -0.3 is 5.32 Å². The molecule has 0 amide bonds. The van der Waals surface area contributed by atoms with Crippen molar-refractivity contribution in [1.29, 1.82) is 0 Å². The third kappa shape index (κ3) is 4.14. The topological polar surface area (TPSA) is 12.0 Å². The number of rotatable bonds is 3. The Morgan fingerprint density at radius 3 is 2.48 bits per heavy atom. The maximum Gasteiger partial charge on any atom is 0.416 e. The molecule has 2 aromatic carbocycles. The summed E-state index contributed by atoms with van der Waals surface area (Å²) in [5.74, 6) is 0. The molecule has 0 radical (unpaired) electrons. The third-order valence-electron chi connectivity index (χ3n) is 3.02. The van der Waals surface area contributed by atoms with Gasteiger partial charge >= 0.3 is 6.18 Å². The van der Waals surface area contributed by atoms with Gasteiger partial charge in [0.2, 0.25) is 0 Å². The van der Waals surface area contributed by atoms with Crippen LogP contribution >= 0.6 is 27.5 Å². The summed E-state index contributed by atoms with van der Waals surface area (Å²) in [6.07, 6.45) is -4.34. The molecule has 1 atom stereocenters. The van der Waals surface area contributed by atoms with Gasteiger partial charge in [0.25, 0.3) is 0 Å². The van der Waals surface area contributed by atoms with E-state index in [4.69, 9.17) is 11.6 Å². The van der Waals surface area contributed by atoms with Crippen molar-refractivity contribution in [2.24, 2.45) is 0 Å². The lowest BCUT2D eigenvalue weighted by atomic mass is 10.0. The summed E-state index contributed by atoms with van der Waals surface area (Å²) in [7, 11) is 0. The molecule has 0 aliphatic rings. The van der Waals surface area contributed by atoms with Crippen LogP contribution in [0.25, 0.3) is 0 Å². The van der Waals surface area contributed by atoms with Crippen LogP contribution in [0.5, 0.6) is 0 Å². The van der Waals surface area contributed by atoms with Crippen LogP contribution in [-0.2, 0) is 6.18 Å². The van der Waals surface area contributed by atoms with E-state index in [0.29, 0.717) is 10.6 Å². The van der Waals surface area contributed by atoms with Crippen LogP contribution in [0.4, 0.5) is 18.9 Å². The molecule has 112 valence electrons. The van der Waals surface area contributed by atoms with Crippen molar-refractivity contribution in [1.82, 2.24) is 0 Å². The van der Waals surface area contributed by atoms with Crippen LogP contribution in [0.3, 0.4) is 0 Å². The zero-order valence-corrected chi connectivity index (χ0v) is 13.4. The van der Waals surface area contributed by atoms with Gasteiger partial charge in [0, 0.05) is 21.2 Å². The number of halogens is 5. The Morgan fingerprint density at radius 2 is 1.86 bits per heavy atom. The molecule has 0 aliphatic heterocycles. The van der Waals surface area contributed by atoms with Gasteiger partial charge in [-0.15, -0.1) is 0 Å². The lowest BCUT2D eigenvalue weighted by Gasteiger charge is -2.18. The highest BCUT2D eigenvalue weighted by Gasteiger charge is 2.30. The first kappa shape index (κ1) is 16.2. The maximum absolute atomic E-state index is 12.7. The van der Waals surface area contributed by atoms with E-state index >= 15 is 0 Å². The number of anilines is 1. The van der Waals surface area contributed by atoms with E-state index < -0.39 is 11.7 Å². The zero-order chi connectivity index (χ0) is 15.6. The van der Waals surface area contributed by atoms with E-state index in [1.807, 2.05) is 0 Å². The molecule has 2 aromatic rings. The van der Waals surface area contributed by atoms with Gasteiger partial charge in [0.05, 0.1) is 5.56 Å². The van der Waals surface area contributed by atoms with Crippen molar-refractivity contribution in [2.45, 2.75) is 19.1 Å². The van der Waals surface area contributed by atoms with Gasteiger partial charge in [-0.25, -0.2) is 0 Å². The molecule has 0 heterocycles. The van der Waals surface area contributed by atoms with Crippen molar-refractivity contribution in [3.8, 4) is 0 Å².